The van der Waals surface area contributed by atoms with E-state index in [-0.39, 0.29) is 35.7 Å². The SMILES string of the molecule is C/C(=C(\O/N=C/c1cc#cc(OCCN(C)C)c1C)c1cnn(CCC(C)(C)O)c1C(F)(F)F)c1ncccn1. The third-order valence-electron chi connectivity index (χ3n) is 5.84. The lowest BCUT2D eigenvalue weighted by Crippen LogP contribution is -2.24. The lowest BCUT2D eigenvalue weighted by Gasteiger charge is -2.19. The molecule has 214 valence electrons. The van der Waals surface area contributed by atoms with Gasteiger partial charge < -0.3 is 19.6 Å². The quantitative estimate of drug-likeness (QED) is 0.197. The van der Waals surface area contributed by atoms with Crippen molar-refractivity contribution >= 4 is 17.5 Å². The Morgan fingerprint density at radius 2 is 1.93 bits per heavy atom. The van der Waals surface area contributed by atoms with Gasteiger partial charge in [0.2, 0.25) is 0 Å². The molecule has 0 fully saturated rings. The Balaban J connectivity index is 2.01. The number of halogens is 3. The first-order valence-electron chi connectivity index (χ1n) is 12.5. The molecule has 0 radical (unpaired) electrons. The molecule has 0 bridgehead atoms. The number of nitrogens with zero attached hydrogens (tertiary/aromatic N) is 6. The highest BCUT2D eigenvalue weighted by Crippen LogP contribution is 2.38. The molecule has 0 aliphatic heterocycles. The smallest absolute Gasteiger partial charge is 0.433 e. The Hall–Kier alpha value is -3.95. The molecule has 0 aliphatic rings. The summed E-state index contributed by atoms with van der Waals surface area (Å²) < 4.78 is 49.6. The molecule has 40 heavy (non-hydrogen) atoms. The van der Waals surface area contributed by atoms with Gasteiger partial charge in [-0.1, -0.05) is 11.2 Å². The Morgan fingerprint density at radius 1 is 1.23 bits per heavy atom. The van der Waals surface area contributed by atoms with Crippen LogP contribution in [0.2, 0.25) is 0 Å². The Morgan fingerprint density at radius 3 is 2.55 bits per heavy atom. The molecule has 12 heteroatoms. The van der Waals surface area contributed by atoms with Crippen LogP contribution in [-0.2, 0) is 17.6 Å². The van der Waals surface area contributed by atoms with Crippen LogP contribution in [0.3, 0.4) is 0 Å². The predicted molar refractivity (Wildman–Crippen MR) is 144 cm³/mol. The monoisotopic (exact) mass is 558 g/mol. The molecule has 1 aromatic carbocycles. The van der Waals surface area contributed by atoms with Crippen molar-refractivity contribution in [1.82, 2.24) is 24.6 Å². The van der Waals surface area contributed by atoms with E-state index < -0.39 is 17.5 Å². The van der Waals surface area contributed by atoms with Gasteiger partial charge >= 0.3 is 6.18 Å². The number of aromatic nitrogens is 4. The summed E-state index contributed by atoms with van der Waals surface area (Å²) in [5, 5.41) is 18.0. The Kier molecular flexibility index (Phi) is 9.89. The second-order valence-corrected chi connectivity index (χ2v) is 10.0. The molecule has 0 saturated heterocycles. The summed E-state index contributed by atoms with van der Waals surface area (Å²) in [6, 6.07) is 8.99. The van der Waals surface area contributed by atoms with E-state index in [1.165, 1.54) is 32.5 Å². The summed E-state index contributed by atoms with van der Waals surface area (Å²) in [5.74, 6) is 0.444. The van der Waals surface area contributed by atoms with Crippen molar-refractivity contribution in [2.45, 2.75) is 52.4 Å². The van der Waals surface area contributed by atoms with Crippen LogP contribution >= 0.6 is 0 Å². The van der Waals surface area contributed by atoms with Gasteiger partial charge in [-0.2, -0.15) is 18.3 Å². The zero-order valence-electron chi connectivity index (χ0n) is 23.4. The van der Waals surface area contributed by atoms with Gasteiger partial charge in [0.25, 0.3) is 0 Å². The van der Waals surface area contributed by atoms with E-state index in [1.54, 1.807) is 19.1 Å². The first-order chi connectivity index (χ1) is 18.8. The normalized spacial score (nSPS) is 13.0. The molecule has 1 N–H and O–H groups in total. The highest BCUT2D eigenvalue weighted by atomic mass is 19.4. The summed E-state index contributed by atoms with van der Waals surface area (Å²) >= 11 is 0. The van der Waals surface area contributed by atoms with E-state index in [0.717, 1.165) is 10.9 Å². The molecule has 2 heterocycles. The largest absolute Gasteiger partial charge is 0.484 e. The number of rotatable bonds is 12. The molecule has 0 atom stereocenters. The third kappa shape index (κ3) is 8.27. The molecule has 0 saturated carbocycles. The van der Waals surface area contributed by atoms with Crippen LogP contribution in [-0.4, -0.2) is 68.8 Å². The second-order valence-electron chi connectivity index (χ2n) is 10.0. The number of aryl methyl sites for hydroxylation is 1. The van der Waals surface area contributed by atoms with Crippen LogP contribution in [0.25, 0.3) is 11.3 Å². The number of hydrogen-bond donors (Lipinski definition) is 1. The fourth-order valence-electron chi connectivity index (χ4n) is 3.57. The van der Waals surface area contributed by atoms with Gasteiger partial charge in [0.1, 0.15) is 6.61 Å². The summed E-state index contributed by atoms with van der Waals surface area (Å²) in [6.45, 7) is 7.37. The van der Waals surface area contributed by atoms with Crippen LogP contribution < -0.4 is 4.74 Å². The number of allylic oxidation sites excluding steroid dienone is 1. The number of alkyl halides is 3. The van der Waals surface area contributed by atoms with Crippen molar-refractivity contribution in [3.8, 4) is 5.75 Å². The van der Waals surface area contributed by atoms with E-state index in [4.69, 9.17) is 9.57 Å². The maximum Gasteiger partial charge on any atom is 0.433 e. The van der Waals surface area contributed by atoms with Crippen molar-refractivity contribution in [1.29, 1.82) is 0 Å². The van der Waals surface area contributed by atoms with Gasteiger partial charge in [0.05, 0.1) is 23.6 Å². The Bertz CT molecular complexity index is 1330. The highest BCUT2D eigenvalue weighted by molar-refractivity contribution is 5.86. The maximum absolute atomic E-state index is 14.3. The zero-order valence-corrected chi connectivity index (χ0v) is 23.4. The predicted octanol–water partition coefficient (Wildman–Crippen LogP) is 4.64. The second kappa shape index (κ2) is 12.9. The number of oxime groups is 1. The van der Waals surface area contributed by atoms with Gasteiger partial charge in [-0.25, -0.2) is 9.97 Å². The van der Waals surface area contributed by atoms with Gasteiger partial charge in [0.15, 0.2) is 23.0 Å². The summed E-state index contributed by atoms with van der Waals surface area (Å²) in [5.41, 5.74) is -1.02. The summed E-state index contributed by atoms with van der Waals surface area (Å²) in [7, 11) is 3.86. The first-order valence-corrected chi connectivity index (χ1v) is 12.5. The number of ether oxygens (including phenoxy) is 1. The van der Waals surface area contributed by atoms with Gasteiger partial charge in [0, 0.05) is 42.2 Å². The van der Waals surface area contributed by atoms with Crippen molar-refractivity contribution in [3.63, 3.8) is 0 Å². The fourth-order valence-corrected chi connectivity index (χ4v) is 3.57. The minimum absolute atomic E-state index is 0.0514. The lowest BCUT2D eigenvalue weighted by atomic mass is 10.1. The topological polar surface area (TPSA) is 97.9 Å². The van der Waals surface area contributed by atoms with Crippen molar-refractivity contribution < 1.29 is 27.9 Å². The number of aliphatic hydroxyl groups is 1. The third-order valence-corrected chi connectivity index (χ3v) is 5.84. The van der Waals surface area contributed by atoms with Crippen molar-refractivity contribution in [2.24, 2.45) is 5.16 Å². The summed E-state index contributed by atoms with van der Waals surface area (Å²) in [4.78, 5) is 15.9. The molecular weight excluding hydrogens is 525 g/mol. The average Bonchev–Trinajstić information content (AvgIpc) is 3.31. The van der Waals surface area contributed by atoms with Gasteiger partial charge in [-0.3, -0.25) is 4.68 Å². The van der Waals surface area contributed by atoms with E-state index in [1.807, 2.05) is 25.9 Å². The van der Waals surface area contributed by atoms with Crippen LogP contribution in [0.1, 0.15) is 55.4 Å². The van der Waals surface area contributed by atoms with E-state index in [2.05, 4.69) is 32.4 Å². The van der Waals surface area contributed by atoms with Crippen molar-refractivity contribution in [2.75, 3.05) is 27.2 Å². The van der Waals surface area contributed by atoms with Crippen LogP contribution in [0.4, 0.5) is 13.2 Å². The molecule has 2 aromatic heterocycles. The van der Waals surface area contributed by atoms with E-state index in [9.17, 15) is 18.3 Å². The number of hydrogen-bond acceptors (Lipinski definition) is 8. The zero-order chi connectivity index (χ0) is 29.5. The molecule has 3 aromatic rings. The molecule has 0 amide bonds. The van der Waals surface area contributed by atoms with Crippen LogP contribution in [0.15, 0.2) is 35.9 Å². The minimum atomic E-state index is -4.78. The molecule has 9 nitrogen and oxygen atoms in total. The minimum Gasteiger partial charge on any atom is -0.484 e. The van der Waals surface area contributed by atoms with E-state index >= 15 is 0 Å². The molecule has 3 rings (SSSR count). The maximum atomic E-state index is 14.3. The van der Waals surface area contributed by atoms with Crippen molar-refractivity contribution in [3.05, 3.63) is 71.1 Å². The molecule has 0 spiro atoms. The van der Waals surface area contributed by atoms with Crippen LogP contribution in [0, 0.1) is 19.1 Å². The van der Waals surface area contributed by atoms with E-state index in [0.29, 0.717) is 30.0 Å². The standard InChI is InChI=1S/C28H33F3N6O3/c1-19-21(9-7-10-23(19)39-16-15-36(5)6)17-35-40-24(20(2)26-32-12-8-13-33-26)22-18-34-37(14-11-27(3,4)38)25(22)28(29,30)31/h8-9,12-13,17-18,38H,11,14-16H2,1-6H3/b24-20+,35-17+. The van der Waals surface area contributed by atoms with Gasteiger partial charge in [-0.05, 0) is 66.4 Å². The molecule has 0 aliphatic carbocycles. The summed E-state index contributed by atoms with van der Waals surface area (Å²) in [6.07, 6.45) is 0.654. The lowest BCUT2D eigenvalue weighted by molar-refractivity contribution is -0.144. The van der Waals surface area contributed by atoms with Gasteiger partial charge in [-0.15, -0.1) is 0 Å². The molecular formula is C28H33F3N6O3. The number of likely N-dealkylation sites (N-methyl/N-ethyl adjacent to an activating group) is 1. The average molecular weight is 559 g/mol. The Labute approximate surface area is 232 Å². The first kappa shape index (κ1) is 30.6. The van der Waals surface area contributed by atoms with Crippen LogP contribution in [0.5, 0.6) is 5.75 Å². The molecule has 0 unspecified atom stereocenters. The fraction of sp³-hybridized carbons (Fsp3) is 0.429. The highest BCUT2D eigenvalue weighted by Gasteiger charge is 2.40.